The van der Waals surface area contributed by atoms with E-state index in [1.807, 2.05) is 24.7 Å². The first kappa shape index (κ1) is 18.8. The van der Waals surface area contributed by atoms with Crippen LogP contribution in [-0.2, 0) is 11.3 Å². The Balaban J connectivity index is 1.43. The van der Waals surface area contributed by atoms with E-state index in [1.165, 1.54) is 12.8 Å². The van der Waals surface area contributed by atoms with Crippen LogP contribution in [0.25, 0.3) is 0 Å². The molecule has 5 rings (SSSR count). The Kier molecular flexibility index (Phi) is 4.69. The Labute approximate surface area is 172 Å². The quantitative estimate of drug-likeness (QED) is 0.757. The second kappa shape index (κ2) is 7.24. The van der Waals surface area contributed by atoms with Gasteiger partial charge in [0.15, 0.2) is 0 Å². The van der Waals surface area contributed by atoms with E-state index in [0.29, 0.717) is 11.9 Å². The molecule has 2 aromatic rings. The number of pyridine rings is 1. The van der Waals surface area contributed by atoms with Gasteiger partial charge in [0.25, 0.3) is 0 Å². The minimum Gasteiger partial charge on any atom is -0.342 e. The molecule has 1 amide bonds. The number of amides is 1. The van der Waals surface area contributed by atoms with Crippen LogP contribution in [0.1, 0.15) is 56.5 Å². The molecule has 6 nitrogen and oxygen atoms in total. The fraction of sp³-hybridized carbons (Fsp3) is 0.609. The van der Waals surface area contributed by atoms with E-state index >= 15 is 0 Å². The van der Waals surface area contributed by atoms with Crippen LogP contribution >= 0.6 is 0 Å². The first-order valence-electron chi connectivity index (χ1n) is 11.0. The van der Waals surface area contributed by atoms with Gasteiger partial charge in [-0.2, -0.15) is 0 Å². The number of aromatic nitrogens is 3. The Bertz CT molecular complexity index is 874. The van der Waals surface area contributed by atoms with Gasteiger partial charge in [-0.25, -0.2) is 4.98 Å². The van der Waals surface area contributed by atoms with E-state index in [-0.39, 0.29) is 11.3 Å². The minimum atomic E-state index is -0.333. The average molecular weight is 394 g/mol. The molecule has 1 spiro atoms. The molecular weight excluding hydrogens is 362 g/mol. The Morgan fingerprint density at radius 3 is 2.79 bits per heavy atom. The number of hydrogen-bond donors (Lipinski definition) is 0. The van der Waals surface area contributed by atoms with Gasteiger partial charge in [0.1, 0.15) is 0 Å². The molecule has 2 saturated heterocycles. The highest BCUT2D eigenvalue weighted by Crippen LogP contribution is 2.50. The molecule has 4 heterocycles. The number of carbonyl (C=O) groups is 1. The molecule has 0 unspecified atom stereocenters. The normalized spacial score (nSPS) is 27.6. The van der Waals surface area contributed by atoms with Crippen LogP contribution in [-0.4, -0.2) is 56.4 Å². The predicted molar refractivity (Wildman–Crippen MR) is 111 cm³/mol. The zero-order valence-corrected chi connectivity index (χ0v) is 17.5. The van der Waals surface area contributed by atoms with Crippen molar-refractivity contribution in [1.82, 2.24) is 24.3 Å². The summed E-state index contributed by atoms with van der Waals surface area (Å²) in [6, 6.07) is 6.44. The number of imidazole rings is 1. The van der Waals surface area contributed by atoms with Crippen molar-refractivity contribution < 1.29 is 4.79 Å². The van der Waals surface area contributed by atoms with Gasteiger partial charge in [-0.15, -0.1) is 0 Å². The van der Waals surface area contributed by atoms with Gasteiger partial charge < -0.3 is 9.47 Å². The molecule has 2 aromatic heterocycles. The summed E-state index contributed by atoms with van der Waals surface area (Å²) >= 11 is 0. The second-order valence-electron chi connectivity index (χ2n) is 9.48. The minimum absolute atomic E-state index is 0.155. The molecule has 0 bridgehead atoms. The van der Waals surface area contributed by atoms with Gasteiger partial charge in [-0.05, 0) is 51.2 Å². The summed E-state index contributed by atoms with van der Waals surface area (Å²) < 4.78 is 2.16. The summed E-state index contributed by atoms with van der Waals surface area (Å²) in [5.41, 5.74) is 1.81. The SMILES string of the molecule is CC(C)n1cnc([C@H]2CN(Cc3ccccn3)C[C@@]23CCN(CC2CC2)C3=O)c1. The second-order valence-corrected chi connectivity index (χ2v) is 9.48. The monoisotopic (exact) mass is 393 g/mol. The third kappa shape index (κ3) is 3.48. The number of hydrogen-bond acceptors (Lipinski definition) is 4. The standard InChI is InChI=1S/C23H31N5O/c1-17(2)28-14-21(25-16-28)20-13-26(12-19-5-3-4-9-24-19)15-23(20)8-10-27(22(23)29)11-18-6-7-18/h3-5,9,14,16-18,20H,6-8,10-13,15H2,1-2H3/t20-,23+/m1/s1. The fourth-order valence-electron chi connectivity index (χ4n) is 5.15. The third-order valence-electron chi connectivity index (χ3n) is 7.02. The first-order valence-corrected chi connectivity index (χ1v) is 11.0. The van der Waals surface area contributed by atoms with Crippen molar-refractivity contribution in [3.8, 4) is 0 Å². The lowest BCUT2D eigenvalue weighted by Gasteiger charge is -2.28. The predicted octanol–water partition coefficient (Wildman–Crippen LogP) is 3.09. The zero-order valence-electron chi connectivity index (χ0n) is 17.5. The molecule has 0 radical (unpaired) electrons. The van der Waals surface area contributed by atoms with Gasteiger partial charge >= 0.3 is 0 Å². The van der Waals surface area contributed by atoms with Gasteiger partial charge in [-0.1, -0.05) is 6.07 Å². The third-order valence-corrected chi connectivity index (χ3v) is 7.02. The lowest BCUT2D eigenvalue weighted by atomic mass is 9.75. The van der Waals surface area contributed by atoms with E-state index in [9.17, 15) is 4.79 Å². The summed E-state index contributed by atoms with van der Waals surface area (Å²) in [6.45, 7) is 8.65. The summed E-state index contributed by atoms with van der Waals surface area (Å²) in [5.74, 6) is 1.25. The molecule has 0 N–H and O–H groups in total. The lowest BCUT2D eigenvalue weighted by molar-refractivity contribution is -0.136. The molecule has 1 aliphatic carbocycles. The summed E-state index contributed by atoms with van der Waals surface area (Å²) in [4.78, 5) is 27.5. The van der Waals surface area contributed by atoms with Crippen molar-refractivity contribution in [3.05, 3.63) is 48.3 Å². The van der Waals surface area contributed by atoms with Crippen molar-refractivity contribution in [2.24, 2.45) is 11.3 Å². The summed E-state index contributed by atoms with van der Waals surface area (Å²) in [7, 11) is 0. The van der Waals surface area contributed by atoms with Crippen LogP contribution in [0.15, 0.2) is 36.9 Å². The van der Waals surface area contributed by atoms with Crippen molar-refractivity contribution in [3.63, 3.8) is 0 Å². The highest BCUT2D eigenvalue weighted by atomic mass is 16.2. The van der Waals surface area contributed by atoms with Crippen LogP contribution in [0.2, 0.25) is 0 Å². The van der Waals surface area contributed by atoms with Gasteiger partial charge in [0.05, 0.1) is 23.1 Å². The summed E-state index contributed by atoms with van der Waals surface area (Å²) in [6.07, 6.45) is 9.45. The van der Waals surface area contributed by atoms with Crippen LogP contribution in [0.4, 0.5) is 0 Å². The topological polar surface area (TPSA) is 54.3 Å². The van der Waals surface area contributed by atoms with E-state index in [1.54, 1.807) is 0 Å². The molecule has 1 saturated carbocycles. The Hall–Kier alpha value is -2.21. The molecule has 6 heteroatoms. The van der Waals surface area contributed by atoms with Crippen molar-refractivity contribution >= 4 is 5.91 Å². The number of likely N-dealkylation sites (tertiary alicyclic amines) is 2. The largest absolute Gasteiger partial charge is 0.342 e. The maximum atomic E-state index is 13.7. The molecule has 0 aromatic carbocycles. The number of rotatable bonds is 6. The number of nitrogens with zero attached hydrogens (tertiary/aromatic N) is 5. The van der Waals surface area contributed by atoms with Crippen molar-refractivity contribution in [2.75, 3.05) is 26.2 Å². The number of carbonyl (C=O) groups excluding carboxylic acids is 1. The van der Waals surface area contributed by atoms with Gasteiger partial charge in [-0.3, -0.25) is 14.7 Å². The summed E-state index contributed by atoms with van der Waals surface area (Å²) in [5, 5.41) is 0. The van der Waals surface area contributed by atoms with Gasteiger partial charge in [0, 0.05) is 57.1 Å². The highest BCUT2D eigenvalue weighted by Gasteiger charge is 2.58. The van der Waals surface area contributed by atoms with E-state index in [4.69, 9.17) is 4.98 Å². The van der Waals surface area contributed by atoms with Crippen LogP contribution in [0.5, 0.6) is 0 Å². The maximum Gasteiger partial charge on any atom is 0.230 e. The average Bonchev–Trinajstić information content (AvgIpc) is 3.13. The van der Waals surface area contributed by atoms with Crippen molar-refractivity contribution in [1.29, 1.82) is 0 Å². The van der Waals surface area contributed by atoms with E-state index in [0.717, 1.165) is 56.5 Å². The molecular formula is C23H31N5O. The highest BCUT2D eigenvalue weighted by molar-refractivity contribution is 5.86. The van der Waals surface area contributed by atoms with Crippen LogP contribution in [0, 0.1) is 11.3 Å². The Morgan fingerprint density at radius 1 is 1.24 bits per heavy atom. The molecule has 154 valence electrons. The lowest BCUT2D eigenvalue weighted by Crippen LogP contribution is -2.40. The molecule has 3 aliphatic rings. The van der Waals surface area contributed by atoms with Crippen molar-refractivity contribution in [2.45, 2.75) is 51.6 Å². The van der Waals surface area contributed by atoms with Crippen LogP contribution < -0.4 is 0 Å². The van der Waals surface area contributed by atoms with Crippen LogP contribution in [0.3, 0.4) is 0 Å². The molecule has 2 aliphatic heterocycles. The Morgan fingerprint density at radius 2 is 2.10 bits per heavy atom. The first-order chi connectivity index (χ1) is 14.0. The zero-order chi connectivity index (χ0) is 20.0. The fourth-order valence-corrected chi connectivity index (χ4v) is 5.15. The maximum absolute atomic E-state index is 13.7. The van der Waals surface area contributed by atoms with Gasteiger partial charge in [0.2, 0.25) is 5.91 Å². The molecule has 3 fully saturated rings. The molecule has 2 atom stereocenters. The van der Waals surface area contributed by atoms with E-state index in [2.05, 4.69) is 45.5 Å². The van der Waals surface area contributed by atoms with E-state index < -0.39 is 0 Å². The smallest absolute Gasteiger partial charge is 0.230 e. The molecule has 29 heavy (non-hydrogen) atoms.